The molecule has 0 aliphatic rings. The van der Waals surface area contributed by atoms with Gasteiger partial charge in [0.1, 0.15) is 0 Å². The normalized spacial score (nSPS) is 10.8. The lowest BCUT2D eigenvalue weighted by Crippen LogP contribution is -1.93. The van der Waals surface area contributed by atoms with Crippen LogP contribution in [0.2, 0.25) is 0 Å². The van der Waals surface area contributed by atoms with E-state index in [9.17, 15) is 4.79 Å². The summed E-state index contributed by atoms with van der Waals surface area (Å²) in [6.07, 6.45) is 0. The number of hydrogen-bond donors (Lipinski definition) is 2. The van der Waals surface area contributed by atoms with E-state index in [0.29, 0.717) is 11.4 Å². The molecule has 1 heterocycles. The van der Waals surface area contributed by atoms with Crippen LogP contribution < -0.4 is 5.73 Å². The molecular weight excluding hydrogens is 236 g/mol. The first-order chi connectivity index (χ1) is 9.16. The zero-order chi connectivity index (χ0) is 13.4. The van der Waals surface area contributed by atoms with Gasteiger partial charge >= 0.3 is 0 Å². The molecule has 3 nitrogen and oxygen atoms in total. The number of anilines is 1. The average Bonchev–Trinajstić information content (AvgIpc) is 2.85. The number of aromatic nitrogens is 1. The van der Waals surface area contributed by atoms with Crippen molar-refractivity contribution in [3.05, 3.63) is 54.2 Å². The fraction of sp³-hybridized carbons (Fsp3) is 0.0625. The number of nitrogens with two attached hydrogens (primary N) is 1. The van der Waals surface area contributed by atoms with Gasteiger partial charge in [-0.05, 0) is 11.6 Å². The lowest BCUT2D eigenvalue weighted by atomic mass is 10.0. The molecule has 3 rings (SSSR count). The molecule has 0 spiro atoms. The van der Waals surface area contributed by atoms with E-state index >= 15 is 0 Å². The zero-order valence-electron chi connectivity index (χ0n) is 10.6. The van der Waals surface area contributed by atoms with Crippen molar-refractivity contribution in [3.63, 3.8) is 0 Å². The third-order valence-corrected chi connectivity index (χ3v) is 3.30. The van der Waals surface area contributed by atoms with Gasteiger partial charge in [-0.15, -0.1) is 0 Å². The van der Waals surface area contributed by atoms with E-state index < -0.39 is 0 Å². The average molecular weight is 250 g/mol. The molecule has 3 heteroatoms. The van der Waals surface area contributed by atoms with E-state index in [2.05, 4.69) is 4.98 Å². The largest absolute Gasteiger partial charge is 0.397 e. The molecule has 0 saturated carbocycles. The molecule has 2 aromatic carbocycles. The smallest absolute Gasteiger partial charge is 0.175 e. The number of aromatic amines is 1. The van der Waals surface area contributed by atoms with E-state index in [1.54, 1.807) is 6.92 Å². The Morgan fingerprint density at radius 1 is 1.11 bits per heavy atom. The highest BCUT2D eigenvalue weighted by Crippen LogP contribution is 2.32. The first-order valence-electron chi connectivity index (χ1n) is 6.14. The lowest BCUT2D eigenvalue weighted by Gasteiger charge is -2.06. The van der Waals surface area contributed by atoms with E-state index in [4.69, 9.17) is 5.73 Å². The molecule has 3 N–H and O–H groups in total. The Morgan fingerprint density at radius 3 is 2.53 bits per heavy atom. The summed E-state index contributed by atoms with van der Waals surface area (Å²) in [4.78, 5) is 14.5. The van der Waals surface area contributed by atoms with Crippen molar-refractivity contribution in [1.29, 1.82) is 0 Å². The fourth-order valence-corrected chi connectivity index (χ4v) is 2.28. The molecule has 1 aromatic heterocycles. The van der Waals surface area contributed by atoms with Crippen LogP contribution in [-0.2, 0) is 0 Å². The van der Waals surface area contributed by atoms with Crippen LogP contribution in [0, 0.1) is 0 Å². The van der Waals surface area contributed by atoms with Crippen molar-refractivity contribution in [1.82, 2.24) is 4.98 Å². The molecule has 0 fully saturated rings. The maximum Gasteiger partial charge on any atom is 0.175 e. The van der Waals surface area contributed by atoms with Gasteiger partial charge in [-0.1, -0.05) is 42.5 Å². The summed E-state index contributed by atoms with van der Waals surface area (Å²) in [5.41, 5.74) is 10.4. The van der Waals surface area contributed by atoms with Gasteiger partial charge in [-0.25, -0.2) is 0 Å². The lowest BCUT2D eigenvalue weighted by molar-refractivity contribution is 0.101. The van der Waals surface area contributed by atoms with Crippen molar-refractivity contribution in [3.8, 4) is 11.1 Å². The number of rotatable bonds is 2. The van der Waals surface area contributed by atoms with Crippen LogP contribution in [0.5, 0.6) is 0 Å². The first-order valence-corrected chi connectivity index (χ1v) is 6.14. The van der Waals surface area contributed by atoms with Crippen LogP contribution >= 0.6 is 0 Å². The van der Waals surface area contributed by atoms with Crippen LogP contribution in [0.25, 0.3) is 22.0 Å². The SMILES string of the molecule is CC(=O)c1cc2ccc(-c3ccccc3)c(N)c2[nH]1. The molecule has 94 valence electrons. The minimum atomic E-state index is 0.0110. The standard InChI is InChI=1S/C16H14N2O/c1-10(19)14-9-12-7-8-13(15(17)16(12)18-14)11-5-3-2-4-6-11/h2-9,18H,17H2,1H3. The Kier molecular flexibility index (Phi) is 2.60. The minimum Gasteiger partial charge on any atom is -0.397 e. The van der Waals surface area contributed by atoms with E-state index in [-0.39, 0.29) is 5.78 Å². The molecule has 0 aliphatic heterocycles. The minimum absolute atomic E-state index is 0.0110. The molecule has 0 atom stereocenters. The molecule has 0 unspecified atom stereocenters. The predicted octanol–water partition coefficient (Wildman–Crippen LogP) is 3.62. The van der Waals surface area contributed by atoms with Gasteiger partial charge in [0.2, 0.25) is 0 Å². The summed E-state index contributed by atoms with van der Waals surface area (Å²) in [5, 5.41) is 0.961. The number of fused-ring (bicyclic) bond motifs is 1. The molecule has 0 bridgehead atoms. The van der Waals surface area contributed by atoms with Gasteiger partial charge in [0, 0.05) is 17.9 Å². The molecular formula is C16H14N2O. The summed E-state index contributed by atoms with van der Waals surface area (Å²) in [7, 11) is 0. The van der Waals surface area contributed by atoms with Gasteiger partial charge in [0.05, 0.1) is 16.9 Å². The van der Waals surface area contributed by atoms with Crippen LogP contribution in [0.1, 0.15) is 17.4 Å². The second-order valence-electron chi connectivity index (χ2n) is 4.60. The summed E-state index contributed by atoms with van der Waals surface area (Å²) in [6.45, 7) is 1.54. The third-order valence-electron chi connectivity index (χ3n) is 3.30. The third kappa shape index (κ3) is 1.89. The number of carbonyl (C=O) groups is 1. The second-order valence-corrected chi connectivity index (χ2v) is 4.60. The number of carbonyl (C=O) groups excluding carboxylic acids is 1. The summed E-state index contributed by atoms with van der Waals surface area (Å²) >= 11 is 0. The highest BCUT2D eigenvalue weighted by molar-refractivity contribution is 6.04. The molecule has 0 saturated heterocycles. The molecule has 0 aliphatic carbocycles. The van der Waals surface area contributed by atoms with Crippen molar-refractivity contribution in [2.45, 2.75) is 6.92 Å². The number of ketones is 1. The Balaban J connectivity index is 2.24. The van der Waals surface area contributed by atoms with Crippen LogP contribution in [0.3, 0.4) is 0 Å². The Morgan fingerprint density at radius 2 is 1.84 bits per heavy atom. The van der Waals surface area contributed by atoms with Gasteiger partial charge in [-0.3, -0.25) is 4.79 Å². The van der Waals surface area contributed by atoms with Gasteiger partial charge in [-0.2, -0.15) is 0 Å². The molecule has 3 aromatic rings. The number of Topliss-reactive ketones (excluding diaryl/α,β-unsaturated/α-hetero) is 1. The maximum absolute atomic E-state index is 11.4. The zero-order valence-corrected chi connectivity index (χ0v) is 10.6. The number of H-pyrrole nitrogens is 1. The van der Waals surface area contributed by atoms with E-state index in [1.165, 1.54) is 0 Å². The first kappa shape index (κ1) is 11.5. The molecule has 0 radical (unpaired) electrons. The maximum atomic E-state index is 11.4. The van der Waals surface area contributed by atoms with Gasteiger partial charge in [0.15, 0.2) is 5.78 Å². The quantitative estimate of drug-likeness (QED) is 0.539. The monoisotopic (exact) mass is 250 g/mol. The van der Waals surface area contributed by atoms with E-state index in [0.717, 1.165) is 22.0 Å². The van der Waals surface area contributed by atoms with Crippen LogP contribution in [0.4, 0.5) is 5.69 Å². The predicted molar refractivity (Wildman–Crippen MR) is 78.2 cm³/mol. The number of nitrogen functional groups attached to an aromatic ring is 1. The highest BCUT2D eigenvalue weighted by atomic mass is 16.1. The van der Waals surface area contributed by atoms with E-state index in [1.807, 2.05) is 48.5 Å². The Bertz CT molecular complexity index is 757. The van der Waals surface area contributed by atoms with Crippen molar-refractivity contribution in [2.24, 2.45) is 0 Å². The van der Waals surface area contributed by atoms with Crippen molar-refractivity contribution >= 4 is 22.4 Å². The van der Waals surface area contributed by atoms with Crippen molar-refractivity contribution < 1.29 is 4.79 Å². The Labute approximate surface area is 111 Å². The fourth-order valence-electron chi connectivity index (χ4n) is 2.28. The topological polar surface area (TPSA) is 58.9 Å². The van der Waals surface area contributed by atoms with Crippen LogP contribution in [0.15, 0.2) is 48.5 Å². The number of hydrogen-bond acceptors (Lipinski definition) is 2. The van der Waals surface area contributed by atoms with Crippen molar-refractivity contribution in [2.75, 3.05) is 5.73 Å². The van der Waals surface area contributed by atoms with Gasteiger partial charge in [0.25, 0.3) is 0 Å². The number of benzene rings is 2. The van der Waals surface area contributed by atoms with Crippen LogP contribution in [-0.4, -0.2) is 10.8 Å². The highest BCUT2D eigenvalue weighted by Gasteiger charge is 2.10. The molecule has 0 amide bonds. The summed E-state index contributed by atoms with van der Waals surface area (Å²) < 4.78 is 0. The Hall–Kier alpha value is -2.55. The second kappa shape index (κ2) is 4.28. The summed E-state index contributed by atoms with van der Waals surface area (Å²) in [6, 6.07) is 15.8. The summed E-state index contributed by atoms with van der Waals surface area (Å²) in [5.74, 6) is 0.0110. The van der Waals surface area contributed by atoms with Gasteiger partial charge < -0.3 is 10.7 Å². The molecule has 19 heavy (non-hydrogen) atoms. The number of nitrogens with one attached hydrogen (secondary N) is 1.